The van der Waals surface area contributed by atoms with Crippen LogP contribution < -0.4 is 0 Å². The van der Waals surface area contributed by atoms with Gasteiger partial charge in [0, 0.05) is 17.5 Å². The largest absolute Gasteiger partial charge is 0.469 e. The molecule has 4 nitrogen and oxygen atoms in total. The fraction of sp³-hybridized carbons (Fsp3) is 0.526. The molecular formula is C19H23NO3. The minimum atomic E-state index is -0.349. The summed E-state index contributed by atoms with van der Waals surface area (Å²) in [5.74, 6) is 0.748. The van der Waals surface area contributed by atoms with Crippen molar-refractivity contribution in [3.63, 3.8) is 0 Å². The standard InChI is InChI=1S/C19H23NO3/c1-3-19-15(18(21)22-2)8-6-11-20(19)12-10-14-13-7-4-5-9-16(13)23-17(14)19/h4-5,7,9,15H,3,6,8,10-12H2,1-2H3/t15-,19?/m0/s1. The molecular weight excluding hydrogens is 290 g/mol. The number of benzene rings is 1. The summed E-state index contributed by atoms with van der Waals surface area (Å²) in [6.45, 7) is 4.17. The van der Waals surface area contributed by atoms with E-state index in [1.54, 1.807) is 0 Å². The molecule has 0 aliphatic carbocycles. The number of carbonyl (C=O) groups excluding carboxylic acids is 1. The molecule has 2 aliphatic heterocycles. The summed E-state index contributed by atoms with van der Waals surface area (Å²) >= 11 is 0. The van der Waals surface area contributed by atoms with Gasteiger partial charge < -0.3 is 9.15 Å². The number of furan rings is 1. The lowest BCUT2D eigenvalue weighted by atomic mass is 9.69. The molecule has 0 saturated carbocycles. The fourth-order valence-electron chi connectivity index (χ4n) is 4.79. The van der Waals surface area contributed by atoms with E-state index in [0.29, 0.717) is 0 Å². The Morgan fingerprint density at radius 3 is 3.00 bits per heavy atom. The SMILES string of the molecule is CCC12c3oc4ccccc4c3CCN1CCC[C@H]2C(=O)OC. The quantitative estimate of drug-likeness (QED) is 0.796. The molecule has 0 radical (unpaired) electrons. The van der Waals surface area contributed by atoms with Gasteiger partial charge in [-0.05, 0) is 38.3 Å². The summed E-state index contributed by atoms with van der Waals surface area (Å²) in [5.41, 5.74) is 1.87. The lowest BCUT2D eigenvalue weighted by Gasteiger charge is -2.52. The summed E-state index contributed by atoms with van der Waals surface area (Å²) in [6.07, 6.45) is 3.76. The average Bonchev–Trinajstić information content (AvgIpc) is 2.99. The van der Waals surface area contributed by atoms with E-state index in [1.807, 2.05) is 12.1 Å². The van der Waals surface area contributed by atoms with Crippen LogP contribution in [0, 0.1) is 5.92 Å². The van der Waals surface area contributed by atoms with Crippen LogP contribution in [0.5, 0.6) is 0 Å². The van der Waals surface area contributed by atoms with Crippen molar-refractivity contribution in [3.8, 4) is 0 Å². The third kappa shape index (κ3) is 1.91. The van der Waals surface area contributed by atoms with E-state index in [9.17, 15) is 4.79 Å². The Kier molecular flexibility index (Phi) is 3.45. The van der Waals surface area contributed by atoms with E-state index in [2.05, 4.69) is 24.0 Å². The zero-order valence-corrected chi connectivity index (χ0v) is 13.8. The number of methoxy groups -OCH3 is 1. The summed E-state index contributed by atoms with van der Waals surface area (Å²) in [5, 5.41) is 1.20. The van der Waals surface area contributed by atoms with Gasteiger partial charge in [0.1, 0.15) is 11.3 Å². The predicted molar refractivity (Wildman–Crippen MR) is 88.2 cm³/mol. The first-order chi connectivity index (χ1) is 11.2. The highest BCUT2D eigenvalue weighted by Crippen LogP contribution is 2.51. The topological polar surface area (TPSA) is 42.7 Å². The van der Waals surface area contributed by atoms with Gasteiger partial charge in [-0.15, -0.1) is 0 Å². The van der Waals surface area contributed by atoms with Crippen LogP contribution in [0.1, 0.15) is 37.5 Å². The van der Waals surface area contributed by atoms with Crippen LogP contribution in [0.25, 0.3) is 11.0 Å². The van der Waals surface area contributed by atoms with E-state index < -0.39 is 0 Å². The van der Waals surface area contributed by atoms with Crippen molar-refractivity contribution in [2.24, 2.45) is 5.92 Å². The van der Waals surface area contributed by atoms with Gasteiger partial charge >= 0.3 is 5.97 Å². The molecule has 4 heteroatoms. The molecule has 1 unspecified atom stereocenters. The molecule has 0 N–H and O–H groups in total. The number of piperidine rings is 1. The molecule has 2 aliphatic rings. The molecule has 1 aromatic carbocycles. The van der Waals surface area contributed by atoms with Crippen molar-refractivity contribution in [2.45, 2.75) is 38.1 Å². The minimum Gasteiger partial charge on any atom is -0.469 e. The summed E-state index contributed by atoms with van der Waals surface area (Å²) < 4.78 is 11.5. The van der Waals surface area contributed by atoms with Crippen LogP contribution in [-0.2, 0) is 21.5 Å². The number of esters is 1. The number of fused-ring (bicyclic) bond motifs is 5. The first kappa shape index (κ1) is 14.8. The lowest BCUT2D eigenvalue weighted by Crippen LogP contribution is -2.59. The summed E-state index contributed by atoms with van der Waals surface area (Å²) in [4.78, 5) is 15.0. The number of para-hydroxylation sites is 1. The van der Waals surface area contributed by atoms with E-state index in [4.69, 9.17) is 9.15 Å². The van der Waals surface area contributed by atoms with E-state index in [1.165, 1.54) is 18.1 Å². The summed E-state index contributed by atoms with van der Waals surface area (Å²) in [7, 11) is 1.49. The van der Waals surface area contributed by atoms with Gasteiger partial charge in [0.15, 0.2) is 0 Å². The van der Waals surface area contributed by atoms with Crippen LogP contribution in [0.15, 0.2) is 28.7 Å². The first-order valence-electron chi connectivity index (χ1n) is 8.56. The highest BCUT2D eigenvalue weighted by atomic mass is 16.5. The van der Waals surface area contributed by atoms with Gasteiger partial charge in [-0.1, -0.05) is 25.1 Å². The maximum Gasteiger partial charge on any atom is 0.311 e. The molecule has 2 atom stereocenters. The van der Waals surface area contributed by atoms with Gasteiger partial charge in [0.25, 0.3) is 0 Å². The fourth-order valence-corrected chi connectivity index (χ4v) is 4.79. The molecule has 4 rings (SSSR count). The summed E-state index contributed by atoms with van der Waals surface area (Å²) in [6, 6.07) is 8.22. The zero-order valence-electron chi connectivity index (χ0n) is 13.8. The highest BCUT2D eigenvalue weighted by Gasteiger charge is 2.55. The monoisotopic (exact) mass is 313 g/mol. The van der Waals surface area contributed by atoms with Crippen molar-refractivity contribution in [2.75, 3.05) is 20.2 Å². The van der Waals surface area contributed by atoms with Crippen molar-refractivity contribution in [1.29, 1.82) is 0 Å². The molecule has 1 aromatic heterocycles. The molecule has 1 fully saturated rings. The number of ether oxygens (including phenoxy) is 1. The van der Waals surface area contributed by atoms with Gasteiger partial charge in [0.05, 0.1) is 18.6 Å². The van der Waals surface area contributed by atoms with Crippen molar-refractivity contribution in [3.05, 3.63) is 35.6 Å². The maximum absolute atomic E-state index is 12.5. The molecule has 23 heavy (non-hydrogen) atoms. The second-order valence-corrected chi connectivity index (χ2v) is 6.64. The van der Waals surface area contributed by atoms with Crippen molar-refractivity contribution < 1.29 is 13.9 Å². The Morgan fingerprint density at radius 1 is 1.39 bits per heavy atom. The minimum absolute atomic E-state index is 0.107. The van der Waals surface area contributed by atoms with Crippen LogP contribution >= 0.6 is 0 Å². The molecule has 0 bridgehead atoms. The van der Waals surface area contributed by atoms with E-state index >= 15 is 0 Å². The molecule has 2 aromatic rings. The molecule has 0 amide bonds. The van der Waals surface area contributed by atoms with Crippen LogP contribution in [0.4, 0.5) is 0 Å². The third-order valence-corrected chi connectivity index (χ3v) is 5.81. The van der Waals surface area contributed by atoms with E-state index in [-0.39, 0.29) is 17.4 Å². The Balaban J connectivity index is 1.96. The Bertz CT molecular complexity index is 750. The lowest BCUT2D eigenvalue weighted by molar-refractivity contribution is -0.158. The Hall–Kier alpha value is -1.81. The first-order valence-corrected chi connectivity index (χ1v) is 8.56. The smallest absolute Gasteiger partial charge is 0.311 e. The number of hydrogen-bond acceptors (Lipinski definition) is 4. The third-order valence-electron chi connectivity index (χ3n) is 5.81. The Labute approximate surface area is 136 Å². The number of rotatable bonds is 2. The number of nitrogens with zero attached hydrogens (tertiary/aromatic N) is 1. The van der Waals surface area contributed by atoms with Crippen LogP contribution in [0.3, 0.4) is 0 Å². The van der Waals surface area contributed by atoms with Gasteiger partial charge in [-0.3, -0.25) is 9.69 Å². The highest BCUT2D eigenvalue weighted by molar-refractivity contribution is 5.84. The number of carbonyl (C=O) groups is 1. The van der Waals surface area contributed by atoms with Crippen molar-refractivity contribution >= 4 is 16.9 Å². The predicted octanol–water partition coefficient (Wildman–Crippen LogP) is 3.48. The van der Waals surface area contributed by atoms with Gasteiger partial charge in [0.2, 0.25) is 0 Å². The zero-order chi connectivity index (χ0) is 16.0. The second-order valence-electron chi connectivity index (χ2n) is 6.64. The van der Waals surface area contributed by atoms with Crippen LogP contribution in [-0.4, -0.2) is 31.1 Å². The maximum atomic E-state index is 12.5. The number of hydrogen-bond donors (Lipinski definition) is 0. The van der Waals surface area contributed by atoms with Crippen LogP contribution in [0.2, 0.25) is 0 Å². The average molecular weight is 313 g/mol. The molecule has 1 saturated heterocycles. The normalized spacial score (nSPS) is 27.5. The van der Waals surface area contributed by atoms with Crippen molar-refractivity contribution in [1.82, 2.24) is 4.90 Å². The Morgan fingerprint density at radius 2 is 2.22 bits per heavy atom. The second kappa shape index (κ2) is 5.38. The van der Waals surface area contributed by atoms with Gasteiger partial charge in [-0.25, -0.2) is 0 Å². The molecule has 0 spiro atoms. The molecule has 122 valence electrons. The van der Waals surface area contributed by atoms with E-state index in [0.717, 1.165) is 50.1 Å². The molecule has 3 heterocycles. The van der Waals surface area contributed by atoms with Gasteiger partial charge in [-0.2, -0.15) is 0 Å².